The summed E-state index contributed by atoms with van der Waals surface area (Å²) in [4.78, 5) is 33.0. The predicted octanol–water partition coefficient (Wildman–Crippen LogP) is -0.0471. The van der Waals surface area contributed by atoms with Crippen molar-refractivity contribution < 1.29 is 18.9 Å². The number of nitrogens with one attached hydrogen (secondary N) is 2. The number of carbonyl (C=O) groups excluding carboxylic acids is 1. The summed E-state index contributed by atoms with van der Waals surface area (Å²) in [5, 5.41) is 15.1. The second kappa shape index (κ2) is 4.72. The molecule has 1 heterocycles. The molecule has 9 heteroatoms. The molecular formula is C10H9N4O5+. The summed E-state index contributed by atoms with van der Waals surface area (Å²) in [7, 11) is 1.44. The van der Waals surface area contributed by atoms with Crippen molar-refractivity contribution in [2.75, 3.05) is 5.32 Å². The number of nitrogens with zero attached hydrogens (tertiary/aromatic N) is 2. The van der Waals surface area contributed by atoms with E-state index in [-0.39, 0.29) is 11.4 Å². The fraction of sp³-hybridized carbons (Fsp3) is 0.100. The summed E-state index contributed by atoms with van der Waals surface area (Å²) in [6, 6.07) is 5.22. The Labute approximate surface area is 105 Å². The van der Waals surface area contributed by atoms with E-state index in [0.29, 0.717) is 5.69 Å². The van der Waals surface area contributed by atoms with Gasteiger partial charge in [-0.1, -0.05) is 4.68 Å². The third-order valence-corrected chi connectivity index (χ3v) is 2.36. The highest BCUT2D eigenvalue weighted by molar-refractivity contribution is 6.01. The lowest BCUT2D eigenvalue weighted by molar-refractivity contribution is -0.741. The molecule has 0 fully saturated rings. The van der Waals surface area contributed by atoms with E-state index in [9.17, 15) is 19.7 Å². The average molecular weight is 265 g/mol. The molecule has 98 valence electrons. The topological polar surface area (TPSA) is 122 Å². The van der Waals surface area contributed by atoms with Crippen LogP contribution in [0.3, 0.4) is 0 Å². The van der Waals surface area contributed by atoms with Crippen LogP contribution in [0.15, 0.2) is 33.6 Å². The number of H-pyrrole nitrogens is 1. The molecule has 0 spiro atoms. The van der Waals surface area contributed by atoms with Crippen LogP contribution in [0.4, 0.5) is 11.4 Å². The van der Waals surface area contributed by atoms with Gasteiger partial charge in [-0.2, -0.15) is 0 Å². The monoisotopic (exact) mass is 265 g/mol. The first kappa shape index (κ1) is 12.5. The van der Waals surface area contributed by atoms with E-state index in [1.54, 1.807) is 0 Å². The van der Waals surface area contributed by atoms with Gasteiger partial charge < -0.3 is 5.32 Å². The Balaban J connectivity index is 2.20. The number of hydrogen-bond acceptors (Lipinski definition) is 5. The molecule has 0 saturated carbocycles. The van der Waals surface area contributed by atoms with Crippen molar-refractivity contribution in [1.29, 1.82) is 0 Å². The number of non-ortho nitro benzene ring substituents is 1. The molecule has 0 aliphatic rings. The molecule has 1 aromatic heterocycles. The lowest BCUT2D eigenvalue weighted by atomic mass is 10.3. The molecule has 1 amide bonds. The fourth-order valence-corrected chi connectivity index (χ4v) is 1.44. The van der Waals surface area contributed by atoms with Crippen LogP contribution in [0.2, 0.25) is 0 Å². The summed E-state index contributed by atoms with van der Waals surface area (Å²) in [5.41, 5.74) is -0.777. The minimum Gasteiger partial charge on any atom is -0.316 e. The van der Waals surface area contributed by atoms with Gasteiger partial charge in [0.25, 0.3) is 5.69 Å². The SMILES string of the molecule is C[n+]1[nH]oc(=O)c1C(=O)Nc1ccc([N+](=O)[O-])cc1. The van der Waals surface area contributed by atoms with Gasteiger partial charge in [0.15, 0.2) is 7.05 Å². The molecule has 0 radical (unpaired) electrons. The van der Waals surface area contributed by atoms with Crippen molar-refractivity contribution in [3.63, 3.8) is 0 Å². The van der Waals surface area contributed by atoms with Crippen LogP contribution in [-0.2, 0) is 7.05 Å². The van der Waals surface area contributed by atoms with Gasteiger partial charge in [0, 0.05) is 17.8 Å². The zero-order chi connectivity index (χ0) is 14.0. The quantitative estimate of drug-likeness (QED) is 0.457. The molecule has 19 heavy (non-hydrogen) atoms. The smallest absolute Gasteiger partial charge is 0.316 e. The van der Waals surface area contributed by atoms with E-state index in [1.165, 1.54) is 31.3 Å². The van der Waals surface area contributed by atoms with E-state index in [1.807, 2.05) is 0 Å². The van der Waals surface area contributed by atoms with Crippen LogP contribution in [0.25, 0.3) is 0 Å². The van der Waals surface area contributed by atoms with Gasteiger partial charge >= 0.3 is 17.2 Å². The van der Waals surface area contributed by atoms with E-state index in [0.717, 1.165) is 4.68 Å². The highest BCUT2D eigenvalue weighted by atomic mass is 16.6. The lowest BCUT2D eigenvalue weighted by Gasteiger charge is -2.00. The second-order valence-corrected chi connectivity index (χ2v) is 3.65. The van der Waals surface area contributed by atoms with E-state index < -0.39 is 16.5 Å². The summed E-state index contributed by atoms with van der Waals surface area (Å²) >= 11 is 0. The molecule has 2 rings (SSSR count). The number of rotatable bonds is 3. The summed E-state index contributed by atoms with van der Waals surface area (Å²) in [6.07, 6.45) is 0. The number of aryl methyl sites for hydroxylation is 1. The number of nitro groups is 1. The molecule has 0 unspecified atom stereocenters. The van der Waals surface area contributed by atoms with Crippen LogP contribution in [0.1, 0.15) is 10.5 Å². The Morgan fingerprint density at radius 3 is 2.53 bits per heavy atom. The van der Waals surface area contributed by atoms with Crippen LogP contribution < -0.4 is 15.6 Å². The highest BCUT2D eigenvalue weighted by Gasteiger charge is 2.26. The Kier molecular flexibility index (Phi) is 3.10. The Bertz CT molecular complexity index is 685. The first-order valence-electron chi connectivity index (χ1n) is 5.12. The van der Waals surface area contributed by atoms with Crippen molar-refractivity contribution in [3.05, 3.63) is 50.5 Å². The number of amides is 1. The van der Waals surface area contributed by atoms with Crippen LogP contribution in [0.5, 0.6) is 0 Å². The van der Waals surface area contributed by atoms with Gasteiger partial charge in [-0.05, 0) is 17.4 Å². The number of hydrogen-bond donors (Lipinski definition) is 2. The summed E-state index contributed by atoms with van der Waals surface area (Å²) < 4.78 is 5.56. The maximum absolute atomic E-state index is 11.8. The standard InChI is InChI=1S/C10H8N4O5/c1-13-8(10(16)19-12-13)9(15)11-6-2-4-7(5-3-6)14(17)18/h2-5H,1H3,(H-,11,12,15,16)/p+1. The Hall–Kier alpha value is -2.97. The van der Waals surface area contributed by atoms with E-state index in [2.05, 4.69) is 15.1 Å². The van der Waals surface area contributed by atoms with Gasteiger partial charge in [-0.15, -0.1) is 0 Å². The third kappa shape index (κ3) is 2.49. The first-order valence-corrected chi connectivity index (χ1v) is 5.12. The Morgan fingerprint density at radius 1 is 1.42 bits per heavy atom. The molecule has 0 bridgehead atoms. The number of nitro benzene ring substituents is 1. The molecular weight excluding hydrogens is 256 g/mol. The molecule has 2 aromatic rings. The first-order chi connectivity index (χ1) is 8.99. The molecule has 0 aliphatic carbocycles. The van der Waals surface area contributed by atoms with Gasteiger partial charge in [-0.3, -0.25) is 19.4 Å². The van der Waals surface area contributed by atoms with Crippen LogP contribution in [0, 0.1) is 10.1 Å². The third-order valence-electron chi connectivity index (χ3n) is 2.36. The molecule has 1 aromatic carbocycles. The van der Waals surface area contributed by atoms with Crippen LogP contribution >= 0.6 is 0 Å². The fourth-order valence-electron chi connectivity index (χ4n) is 1.44. The average Bonchev–Trinajstić information content (AvgIpc) is 2.69. The largest absolute Gasteiger partial charge is 0.440 e. The summed E-state index contributed by atoms with van der Waals surface area (Å²) in [5.74, 6) is -0.675. The predicted molar refractivity (Wildman–Crippen MR) is 61.6 cm³/mol. The summed E-state index contributed by atoms with van der Waals surface area (Å²) in [6.45, 7) is 0. The van der Waals surface area contributed by atoms with Crippen molar-refractivity contribution in [3.8, 4) is 0 Å². The number of aromatic amines is 1. The van der Waals surface area contributed by atoms with Crippen molar-refractivity contribution in [2.45, 2.75) is 0 Å². The molecule has 0 saturated heterocycles. The van der Waals surface area contributed by atoms with Crippen molar-refractivity contribution in [1.82, 2.24) is 5.27 Å². The minimum atomic E-state index is -0.804. The highest BCUT2D eigenvalue weighted by Crippen LogP contribution is 2.15. The number of benzene rings is 1. The zero-order valence-electron chi connectivity index (χ0n) is 9.75. The normalized spacial score (nSPS) is 10.2. The van der Waals surface area contributed by atoms with Gasteiger partial charge in [0.2, 0.25) is 0 Å². The molecule has 9 nitrogen and oxygen atoms in total. The molecule has 2 N–H and O–H groups in total. The van der Waals surface area contributed by atoms with E-state index >= 15 is 0 Å². The molecule has 0 atom stereocenters. The van der Waals surface area contributed by atoms with Crippen molar-refractivity contribution >= 4 is 17.3 Å². The maximum Gasteiger partial charge on any atom is 0.440 e. The Morgan fingerprint density at radius 2 is 2.05 bits per heavy atom. The molecule has 0 aliphatic heterocycles. The van der Waals surface area contributed by atoms with E-state index in [4.69, 9.17) is 0 Å². The van der Waals surface area contributed by atoms with Gasteiger partial charge in [0.1, 0.15) is 0 Å². The maximum atomic E-state index is 11.8. The number of anilines is 1. The van der Waals surface area contributed by atoms with Gasteiger partial charge in [-0.25, -0.2) is 4.79 Å². The van der Waals surface area contributed by atoms with Crippen LogP contribution in [-0.4, -0.2) is 16.1 Å². The van der Waals surface area contributed by atoms with Gasteiger partial charge in [0.05, 0.1) is 4.92 Å². The lowest BCUT2D eigenvalue weighted by Crippen LogP contribution is -2.41. The zero-order valence-corrected chi connectivity index (χ0v) is 9.75. The number of carbonyl (C=O) groups is 1. The van der Waals surface area contributed by atoms with Crippen molar-refractivity contribution in [2.24, 2.45) is 7.05 Å². The number of aromatic nitrogens is 2. The second-order valence-electron chi connectivity index (χ2n) is 3.65. The minimum absolute atomic E-state index is 0.0929.